The number of carbonyl (C=O) groups is 1. The molecule has 0 fully saturated rings. The SMILES string of the molecule is COC(=O)CCCc1c(-c2ccc(Cl)c(C(F)(F)F)c2)[nH]c2ccc(Cl)cc12. The Bertz CT molecular complexity index is 1030. The fourth-order valence-electron chi connectivity index (χ4n) is 3.14. The Morgan fingerprint density at radius 2 is 1.89 bits per heavy atom. The lowest BCUT2D eigenvalue weighted by Gasteiger charge is -2.12. The number of carbonyl (C=O) groups excluding carboxylic acids is 1. The van der Waals surface area contributed by atoms with Crippen LogP contribution in [-0.4, -0.2) is 18.1 Å². The molecule has 2 aromatic carbocycles. The minimum atomic E-state index is -4.56. The van der Waals surface area contributed by atoms with Crippen LogP contribution in [-0.2, 0) is 22.1 Å². The van der Waals surface area contributed by atoms with E-state index < -0.39 is 11.7 Å². The van der Waals surface area contributed by atoms with E-state index in [1.807, 2.05) is 0 Å². The van der Waals surface area contributed by atoms with Gasteiger partial charge in [-0.05, 0) is 54.3 Å². The van der Waals surface area contributed by atoms with Crippen molar-refractivity contribution in [3.63, 3.8) is 0 Å². The number of rotatable bonds is 5. The lowest BCUT2D eigenvalue weighted by Crippen LogP contribution is -2.06. The highest BCUT2D eigenvalue weighted by atomic mass is 35.5. The van der Waals surface area contributed by atoms with Crippen LogP contribution in [0, 0.1) is 0 Å². The minimum Gasteiger partial charge on any atom is -0.469 e. The molecule has 0 spiro atoms. The number of nitrogens with one attached hydrogen (secondary N) is 1. The lowest BCUT2D eigenvalue weighted by atomic mass is 9.99. The Morgan fingerprint density at radius 1 is 1.14 bits per heavy atom. The Labute approximate surface area is 169 Å². The summed E-state index contributed by atoms with van der Waals surface area (Å²) in [4.78, 5) is 14.6. The van der Waals surface area contributed by atoms with Gasteiger partial charge >= 0.3 is 12.1 Å². The number of H-pyrrole nitrogens is 1. The monoisotopic (exact) mass is 429 g/mol. The molecule has 0 bridgehead atoms. The smallest absolute Gasteiger partial charge is 0.417 e. The molecule has 0 aliphatic carbocycles. The molecule has 148 valence electrons. The first-order valence-electron chi connectivity index (χ1n) is 8.44. The van der Waals surface area contributed by atoms with Gasteiger partial charge in [-0.1, -0.05) is 29.3 Å². The Hall–Kier alpha value is -2.18. The first-order chi connectivity index (χ1) is 13.2. The fraction of sp³-hybridized carbons (Fsp3) is 0.250. The predicted octanol–water partition coefficient (Wildman–Crippen LogP) is 6.66. The molecule has 0 atom stereocenters. The summed E-state index contributed by atoms with van der Waals surface area (Å²) in [5, 5.41) is 0.956. The maximum Gasteiger partial charge on any atom is 0.417 e. The summed E-state index contributed by atoms with van der Waals surface area (Å²) in [5.74, 6) is -0.342. The quantitative estimate of drug-likeness (QED) is 0.460. The number of hydrogen-bond donors (Lipinski definition) is 1. The number of halogens is 5. The summed E-state index contributed by atoms with van der Waals surface area (Å²) < 4.78 is 44.5. The van der Waals surface area contributed by atoms with Crippen molar-refractivity contribution in [3.05, 3.63) is 57.6 Å². The van der Waals surface area contributed by atoms with Crippen molar-refractivity contribution in [2.75, 3.05) is 7.11 Å². The molecule has 1 heterocycles. The number of alkyl halides is 3. The van der Waals surface area contributed by atoms with E-state index in [1.165, 1.54) is 19.2 Å². The summed E-state index contributed by atoms with van der Waals surface area (Å²) in [7, 11) is 1.31. The zero-order valence-electron chi connectivity index (χ0n) is 14.8. The third-order valence-electron chi connectivity index (χ3n) is 4.46. The van der Waals surface area contributed by atoms with Crippen molar-refractivity contribution in [1.82, 2.24) is 4.98 Å². The number of methoxy groups -OCH3 is 1. The molecule has 0 radical (unpaired) electrons. The summed E-state index contributed by atoms with van der Waals surface area (Å²) in [6, 6.07) is 9.02. The number of esters is 1. The normalized spacial score (nSPS) is 11.8. The molecular weight excluding hydrogens is 414 g/mol. The number of aromatic nitrogens is 1. The number of aryl methyl sites for hydroxylation is 1. The van der Waals surface area contributed by atoms with Gasteiger partial charge in [0.1, 0.15) is 0 Å². The second-order valence-corrected chi connectivity index (χ2v) is 7.13. The summed E-state index contributed by atoms with van der Waals surface area (Å²) in [6.45, 7) is 0. The minimum absolute atomic E-state index is 0.206. The first-order valence-corrected chi connectivity index (χ1v) is 9.20. The molecule has 0 amide bonds. The van der Waals surface area contributed by atoms with E-state index in [0.29, 0.717) is 29.1 Å². The number of fused-ring (bicyclic) bond motifs is 1. The molecule has 0 saturated heterocycles. The van der Waals surface area contributed by atoms with Gasteiger partial charge in [0.15, 0.2) is 0 Å². The van der Waals surface area contributed by atoms with Crippen molar-refractivity contribution in [3.8, 4) is 11.3 Å². The molecule has 3 aromatic rings. The van der Waals surface area contributed by atoms with Gasteiger partial charge in [0.25, 0.3) is 0 Å². The number of ether oxygens (including phenoxy) is 1. The molecule has 0 aliphatic rings. The van der Waals surface area contributed by atoms with Crippen LogP contribution >= 0.6 is 23.2 Å². The largest absolute Gasteiger partial charge is 0.469 e. The molecular formula is C20H16Cl2F3NO2. The number of aromatic amines is 1. The summed E-state index contributed by atoms with van der Waals surface area (Å²) in [5.41, 5.74) is 1.54. The molecule has 3 nitrogen and oxygen atoms in total. The lowest BCUT2D eigenvalue weighted by molar-refractivity contribution is -0.140. The van der Waals surface area contributed by atoms with E-state index in [0.717, 1.165) is 22.5 Å². The predicted molar refractivity (Wildman–Crippen MR) is 104 cm³/mol. The standard InChI is InChI=1S/C20H16Cl2F3NO2/c1-28-18(27)4-2-3-13-14-10-12(21)6-8-17(14)26-19(13)11-5-7-16(22)15(9-11)20(23,24)25/h5-10,26H,2-4H2,1H3. The molecule has 0 aliphatic heterocycles. The first kappa shape index (κ1) is 20.6. The molecule has 0 saturated carbocycles. The number of benzene rings is 2. The van der Waals surface area contributed by atoms with Crippen molar-refractivity contribution in [2.24, 2.45) is 0 Å². The third-order valence-corrected chi connectivity index (χ3v) is 5.03. The second kappa shape index (κ2) is 8.05. The van der Waals surface area contributed by atoms with Gasteiger partial charge in [-0.25, -0.2) is 0 Å². The van der Waals surface area contributed by atoms with Crippen LogP contribution in [0.4, 0.5) is 13.2 Å². The van der Waals surface area contributed by atoms with Crippen molar-refractivity contribution in [2.45, 2.75) is 25.4 Å². The van der Waals surface area contributed by atoms with Crippen LogP contribution in [0.2, 0.25) is 10.0 Å². The van der Waals surface area contributed by atoms with Gasteiger partial charge in [0.05, 0.1) is 17.7 Å². The van der Waals surface area contributed by atoms with E-state index in [1.54, 1.807) is 18.2 Å². The average molecular weight is 430 g/mol. The topological polar surface area (TPSA) is 42.1 Å². The maximum atomic E-state index is 13.3. The van der Waals surface area contributed by atoms with Crippen LogP contribution in [0.25, 0.3) is 22.2 Å². The summed E-state index contributed by atoms with van der Waals surface area (Å²) >= 11 is 11.8. The van der Waals surface area contributed by atoms with Crippen LogP contribution < -0.4 is 0 Å². The van der Waals surface area contributed by atoms with Crippen LogP contribution in [0.15, 0.2) is 36.4 Å². The van der Waals surface area contributed by atoms with Gasteiger partial charge in [-0.3, -0.25) is 4.79 Å². The van der Waals surface area contributed by atoms with E-state index in [9.17, 15) is 18.0 Å². The highest BCUT2D eigenvalue weighted by Crippen LogP contribution is 2.39. The van der Waals surface area contributed by atoms with E-state index in [4.69, 9.17) is 23.2 Å². The highest BCUT2D eigenvalue weighted by molar-refractivity contribution is 6.31. The summed E-state index contributed by atoms with van der Waals surface area (Å²) in [6.07, 6.45) is -3.40. The Kier molecular flexibility index (Phi) is 5.91. The van der Waals surface area contributed by atoms with Crippen molar-refractivity contribution in [1.29, 1.82) is 0 Å². The van der Waals surface area contributed by atoms with E-state index in [-0.39, 0.29) is 17.4 Å². The van der Waals surface area contributed by atoms with Gasteiger partial charge < -0.3 is 9.72 Å². The average Bonchev–Trinajstić information content (AvgIpc) is 2.99. The Morgan fingerprint density at radius 3 is 2.57 bits per heavy atom. The number of hydrogen-bond acceptors (Lipinski definition) is 2. The Balaban J connectivity index is 2.10. The fourth-order valence-corrected chi connectivity index (χ4v) is 3.53. The molecule has 1 aromatic heterocycles. The third kappa shape index (κ3) is 4.28. The zero-order chi connectivity index (χ0) is 20.5. The van der Waals surface area contributed by atoms with Crippen molar-refractivity contribution >= 4 is 40.1 Å². The second-order valence-electron chi connectivity index (χ2n) is 6.29. The molecule has 8 heteroatoms. The van der Waals surface area contributed by atoms with Gasteiger partial charge in [-0.15, -0.1) is 0 Å². The van der Waals surface area contributed by atoms with Crippen LogP contribution in [0.3, 0.4) is 0 Å². The maximum absolute atomic E-state index is 13.3. The highest BCUT2D eigenvalue weighted by Gasteiger charge is 2.33. The molecule has 28 heavy (non-hydrogen) atoms. The van der Waals surface area contributed by atoms with Crippen LogP contribution in [0.1, 0.15) is 24.0 Å². The van der Waals surface area contributed by atoms with Crippen LogP contribution in [0.5, 0.6) is 0 Å². The van der Waals surface area contributed by atoms with E-state index in [2.05, 4.69) is 9.72 Å². The molecule has 3 rings (SSSR count). The van der Waals surface area contributed by atoms with Gasteiger partial charge in [0, 0.05) is 28.0 Å². The molecule has 1 N–H and O–H groups in total. The van der Waals surface area contributed by atoms with E-state index >= 15 is 0 Å². The molecule has 0 unspecified atom stereocenters. The van der Waals surface area contributed by atoms with Gasteiger partial charge in [-0.2, -0.15) is 13.2 Å². The van der Waals surface area contributed by atoms with Crippen molar-refractivity contribution < 1.29 is 22.7 Å². The van der Waals surface area contributed by atoms with Gasteiger partial charge in [0.2, 0.25) is 0 Å². The zero-order valence-corrected chi connectivity index (χ0v) is 16.3.